The van der Waals surface area contributed by atoms with Gasteiger partial charge in [-0.15, -0.1) is 0 Å². The molecule has 0 saturated carbocycles. The maximum absolute atomic E-state index is 9.13. The van der Waals surface area contributed by atoms with Gasteiger partial charge in [0.1, 0.15) is 11.6 Å². The summed E-state index contributed by atoms with van der Waals surface area (Å²) in [5.74, 6) is 1.01. The molecule has 72 valence electrons. The molecule has 3 heteroatoms. The van der Waals surface area contributed by atoms with Crippen LogP contribution in [0.25, 0.3) is 11.1 Å². The van der Waals surface area contributed by atoms with Gasteiger partial charge in [0.15, 0.2) is 0 Å². The minimum atomic E-state index is 0.276. The molecule has 0 unspecified atom stereocenters. The molecule has 0 bridgehead atoms. The number of phenols is 1. The molecule has 0 atom stereocenters. The maximum Gasteiger partial charge on any atom is 0.115 e. The molecule has 0 spiro atoms. The molecule has 1 aromatic heterocycles. The normalized spacial score (nSPS) is 10.4. The molecular weight excluding hydrogens is 176 g/mol. The molecule has 1 aromatic carbocycles. The van der Waals surface area contributed by atoms with Crippen LogP contribution in [0.5, 0.6) is 5.75 Å². The van der Waals surface area contributed by atoms with Crippen LogP contribution in [0.4, 0.5) is 5.82 Å². The number of aromatic nitrogens is 1. The van der Waals surface area contributed by atoms with Crippen molar-refractivity contribution in [2.75, 3.05) is 5.73 Å². The Bertz CT molecular complexity index is 423. The van der Waals surface area contributed by atoms with Crippen molar-refractivity contribution >= 4 is 5.82 Å². The maximum atomic E-state index is 9.13. The van der Waals surface area contributed by atoms with Crippen LogP contribution in [0.1, 0.15) is 0 Å². The second-order valence-corrected chi connectivity index (χ2v) is 3.31. The number of rotatable bonds is 1. The van der Waals surface area contributed by atoms with Gasteiger partial charge in [0.2, 0.25) is 0 Å². The highest BCUT2D eigenvalue weighted by molar-refractivity contribution is 5.67. The smallest absolute Gasteiger partial charge is 0.115 e. The van der Waals surface area contributed by atoms with Crippen LogP contribution >= 0.6 is 0 Å². The number of aromatic hydroxyl groups is 1. The standard InChI is InChI=1S/C11H12N2O/c1-13-7-9(6-11(13)12)8-2-4-10(14)5-3-8/h2-7,14H,12H2,1H3. The third-order valence-corrected chi connectivity index (χ3v) is 2.24. The summed E-state index contributed by atoms with van der Waals surface area (Å²) < 4.78 is 1.86. The summed E-state index contributed by atoms with van der Waals surface area (Å²) in [6.07, 6.45) is 1.96. The summed E-state index contributed by atoms with van der Waals surface area (Å²) in [5, 5.41) is 9.13. The Balaban J connectivity index is 2.44. The van der Waals surface area contributed by atoms with Gasteiger partial charge in [-0.3, -0.25) is 0 Å². The monoisotopic (exact) mass is 188 g/mol. The van der Waals surface area contributed by atoms with E-state index >= 15 is 0 Å². The number of benzene rings is 1. The highest BCUT2D eigenvalue weighted by Crippen LogP contribution is 2.24. The highest BCUT2D eigenvalue weighted by atomic mass is 16.3. The van der Waals surface area contributed by atoms with Crippen LogP contribution in [0.3, 0.4) is 0 Å². The number of nitrogens with two attached hydrogens (primary N) is 1. The fourth-order valence-electron chi connectivity index (χ4n) is 1.39. The van der Waals surface area contributed by atoms with E-state index in [2.05, 4.69) is 0 Å². The van der Waals surface area contributed by atoms with Crippen LogP contribution in [0, 0.1) is 0 Å². The lowest BCUT2D eigenvalue weighted by atomic mass is 10.1. The molecular formula is C11H12N2O. The van der Waals surface area contributed by atoms with Gasteiger partial charge in [0.05, 0.1) is 0 Å². The number of nitrogen functional groups attached to an aromatic ring is 1. The van der Waals surface area contributed by atoms with Crippen molar-refractivity contribution in [3.63, 3.8) is 0 Å². The van der Waals surface area contributed by atoms with E-state index in [1.165, 1.54) is 0 Å². The van der Waals surface area contributed by atoms with E-state index in [1.807, 2.05) is 36.0 Å². The van der Waals surface area contributed by atoms with Crippen molar-refractivity contribution in [2.45, 2.75) is 0 Å². The van der Waals surface area contributed by atoms with Crippen LogP contribution in [-0.2, 0) is 7.05 Å². The van der Waals surface area contributed by atoms with Crippen LogP contribution in [0.15, 0.2) is 36.5 Å². The first-order valence-electron chi connectivity index (χ1n) is 4.38. The van der Waals surface area contributed by atoms with Gasteiger partial charge in [0, 0.05) is 18.8 Å². The summed E-state index contributed by atoms with van der Waals surface area (Å²) in [7, 11) is 1.90. The number of anilines is 1. The van der Waals surface area contributed by atoms with Crippen LogP contribution in [0.2, 0.25) is 0 Å². The van der Waals surface area contributed by atoms with Gasteiger partial charge < -0.3 is 15.4 Å². The summed E-state index contributed by atoms with van der Waals surface area (Å²) >= 11 is 0. The van der Waals surface area contributed by atoms with E-state index < -0.39 is 0 Å². The zero-order valence-electron chi connectivity index (χ0n) is 7.94. The molecule has 0 amide bonds. The van der Waals surface area contributed by atoms with E-state index in [4.69, 9.17) is 10.8 Å². The zero-order valence-corrected chi connectivity index (χ0v) is 7.94. The van der Waals surface area contributed by atoms with Gasteiger partial charge in [-0.05, 0) is 23.8 Å². The fourth-order valence-corrected chi connectivity index (χ4v) is 1.39. The molecule has 0 aliphatic carbocycles. The molecule has 0 fully saturated rings. The molecule has 3 nitrogen and oxygen atoms in total. The number of nitrogens with zero attached hydrogens (tertiary/aromatic N) is 1. The molecule has 0 aliphatic heterocycles. The third kappa shape index (κ3) is 1.44. The van der Waals surface area contributed by atoms with Gasteiger partial charge in [-0.25, -0.2) is 0 Å². The molecule has 1 heterocycles. The molecule has 0 radical (unpaired) electrons. The van der Waals surface area contributed by atoms with E-state index in [-0.39, 0.29) is 5.75 Å². The van der Waals surface area contributed by atoms with Crippen molar-refractivity contribution in [3.05, 3.63) is 36.5 Å². The number of aryl methyl sites for hydroxylation is 1. The Labute approximate surface area is 82.4 Å². The quantitative estimate of drug-likeness (QED) is 0.719. The SMILES string of the molecule is Cn1cc(-c2ccc(O)cc2)cc1N. The molecule has 0 aliphatic rings. The Hall–Kier alpha value is -1.90. The average molecular weight is 188 g/mol. The predicted octanol–water partition coefficient (Wildman–Crippen LogP) is 1.98. The van der Waals surface area contributed by atoms with Crippen LogP contribution in [-0.4, -0.2) is 9.67 Å². The lowest BCUT2D eigenvalue weighted by Crippen LogP contribution is -1.92. The lowest BCUT2D eigenvalue weighted by molar-refractivity contribution is 0.475. The third-order valence-electron chi connectivity index (χ3n) is 2.24. The topological polar surface area (TPSA) is 51.2 Å². The minimum Gasteiger partial charge on any atom is -0.508 e. The van der Waals surface area contributed by atoms with Gasteiger partial charge in [-0.2, -0.15) is 0 Å². The number of hydrogen-bond donors (Lipinski definition) is 2. The minimum absolute atomic E-state index is 0.276. The van der Waals surface area contributed by atoms with Gasteiger partial charge in [0.25, 0.3) is 0 Å². The average Bonchev–Trinajstić information content (AvgIpc) is 2.48. The number of phenolic OH excluding ortho intramolecular Hbond substituents is 1. The van der Waals surface area contributed by atoms with Crippen molar-refractivity contribution in [2.24, 2.45) is 7.05 Å². The summed E-state index contributed by atoms with van der Waals surface area (Å²) in [5.41, 5.74) is 7.83. The van der Waals surface area contributed by atoms with E-state index in [0.717, 1.165) is 16.9 Å². The Morgan fingerprint density at radius 3 is 2.29 bits per heavy atom. The first kappa shape index (κ1) is 8.69. The Morgan fingerprint density at radius 2 is 1.79 bits per heavy atom. The molecule has 3 N–H and O–H groups in total. The summed E-state index contributed by atoms with van der Waals surface area (Å²) in [4.78, 5) is 0. The van der Waals surface area contributed by atoms with E-state index in [1.54, 1.807) is 12.1 Å². The summed E-state index contributed by atoms with van der Waals surface area (Å²) in [6.45, 7) is 0. The zero-order chi connectivity index (χ0) is 10.1. The summed E-state index contributed by atoms with van der Waals surface area (Å²) in [6, 6.07) is 8.97. The number of hydrogen-bond acceptors (Lipinski definition) is 2. The van der Waals surface area contributed by atoms with Crippen molar-refractivity contribution in [3.8, 4) is 16.9 Å². The van der Waals surface area contributed by atoms with Gasteiger partial charge in [-0.1, -0.05) is 12.1 Å². The van der Waals surface area contributed by atoms with Crippen molar-refractivity contribution in [1.29, 1.82) is 0 Å². The first-order valence-corrected chi connectivity index (χ1v) is 4.38. The fraction of sp³-hybridized carbons (Fsp3) is 0.0909. The Kier molecular flexibility index (Phi) is 1.93. The van der Waals surface area contributed by atoms with Crippen molar-refractivity contribution in [1.82, 2.24) is 4.57 Å². The second kappa shape index (κ2) is 3.10. The van der Waals surface area contributed by atoms with Crippen LogP contribution < -0.4 is 5.73 Å². The predicted molar refractivity (Wildman–Crippen MR) is 56.9 cm³/mol. The highest BCUT2D eigenvalue weighted by Gasteiger charge is 2.01. The van der Waals surface area contributed by atoms with Gasteiger partial charge >= 0.3 is 0 Å². The Morgan fingerprint density at radius 1 is 1.14 bits per heavy atom. The molecule has 2 rings (SSSR count). The lowest BCUT2D eigenvalue weighted by Gasteiger charge is -1.96. The van der Waals surface area contributed by atoms with E-state index in [0.29, 0.717) is 0 Å². The molecule has 14 heavy (non-hydrogen) atoms. The largest absolute Gasteiger partial charge is 0.508 e. The molecule has 0 saturated heterocycles. The second-order valence-electron chi connectivity index (χ2n) is 3.31. The first-order chi connectivity index (χ1) is 6.66. The van der Waals surface area contributed by atoms with Crippen molar-refractivity contribution < 1.29 is 5.11 Å². The molecule has 2 aromatic rings. The van der Waals surface area contributed by atoms with E-state index in [9.17, 15) is 0 Å².